The number of nitrogens with zero attached hydrogens (tertiary/aromatic N) is 1. The van der Waals surface area contributed by atoms with Gasteiger partial charge in [-0.3, -0.25) is 9.59 Å². The first-order chi connectivity index (χ1) is 11.1. The normalized spacial score (nSPS) is 17.5. The molecule has 1 aromatic heterocycles. The zero-order valence-corrected chi connectivity index (χ0v) is 13.2. The average molecular weight is 311 g/mol. The Morgan fingerprint density at radius 2 is 2.09 bits per heavy atom. The van der Waals surface area contributed by atoms with E-state index in [1.54, 1.807) is 6.07 Å². The molecule has 2 aromatic rings. The summed E-state index contributed by atoms with van der Waals surface area (Å²) in [5.74, 6) is 0. The first-order valence-corrected chi connectivity index (χ1v) is 7.94. The maximum atomic E-state index is 11.9. The Morgan fingerprint density at radius 1 is 1.35 bits per heavy atom. The molecule has 0 aliphatic carbocycles. The summed E-state index contributed by atoms with van der Waals surface area (Å²) >= 11 is 0. The van der Waals surface area contributed by atoms with Crippen LogP contribution in [0.4, 0.5) is 5.69 Å². The van der Waals surface area contributed by atoms with Crippen molar-refractivity contribution in [3.05, 3.63) is 51.8 Å². The van der Waals surface area contributed by atoms with E-state index in [-0.39, 0.29) is 17.2 Å². The number of H-pyrrole nitrogens is 1. The van der Waals surface area contributed by atoms with E-state index < -0.39 is 0 Å². The van der Waals surface area contributed by atoms with E-state index in [9.17, 15) is 9.59 Å². The van der Waals surface area contributed by atoms with Crippen molar-refractivity contribution in [3.63, 3.8) is 0 Å². The summed E-state index contributed by atoms with van der Waals surface area (Å²) < 4.78 is 0. The number of hydrogen-bond donors (Lipinski definition) is 2. The molecule has 0 unspecified atom stereocenters. The number of carbonyl (C=O) groups is 1. The number of carbonyl (C=O) groups excluding carboxylic acids is 1. The van der Waals surface area contributed by atoms with Gasteiger partial charge in [0.1, 0.15) is 0 Å². The van der Waals surface area contributed by atoms with Crippen molar-refractivity contribution in [1.82, 2.24) is 4.98 Å². The molecule has 1 aliphatic heterocycles. The van der Waals surface area contributed by atoms with Gasteiger partial charge in [0.2, 0.25) is 0 Å². The Labute approximate surface area is 135 Å². The monoisotopic (exact) mass is 311 g/mol. The van der Waals surface area contributed by atoms with Gasteiger partial charge in [0.25, 0.3) is 5.56 Å². The van der Waals surface area contributed by atoms with E-state index in [1.165, 1.54) is 0 Å². The number of nitrogens with one attached hydrogen (secondary N) is 1. The van der Waals surface area contributed by atoms with Gasteiger partial charge >= 0.3 is 0 Å². The van der Waals surface area contributed by atoms with Crippen molar-refractivity contribution in [2.75, 3.05) is 18.0 Å². The zero-order chi connectivity index (χ0) is 16.4. The Hall–Kier alpha value is -2.40. The number of aldehydes is 1. The van der Waals surface area contributed by atoms with Gasteiger partial charge in [0.05, 0.1) is 11.3 Å². The van der Waals surface area contributed by atoms with Crippen LogP contribution in [0.15, 0.2) is 35.1 Å². The number of benzene rings is 1. The van der Waals surface area contributed by atoms with Crippen LogP contribution in [-0.4, -0.2) is 30.4 Å². The van der Waals surface area contributed by atoms with Crippen LogP contribution in [-0.2, 0) is 6.42 Å². The molecule has 120 valence electrons. The molecule has 5 nitrogen and oxygen atoms in total. The molecule has 23 heavy (non-hydrogen) atoms. The summed E-state index contributed by atoms with van der Waals surface area (Å²) in [4.78, 5) is 28.0. The summed E-state index contributed by atoms with van der Waals surface area (Å²) in [7, 11) is 0. The molecule has 3 N–H and O–H groups in total. The van der Waals surface area contributed by atoms with Gasteiger partial charge < -0.3 is 15.6 Å². The molecule has 0 amide bonds. The molecule has 0 spiro atoms. The summed E-state index contributed by atoms with van der Waals surface area (Å²) in [5.41, 5.74) is 9.62. The number of aromatic nitrogens is 1. The van der Waals surface area contributed by atoms with Crippen molar-refractivity contribution < 1.29 is 4.79 Å². The van der Waals surface area contributed by atoms with Crippen LogP contribution in [0.2, 0.25) is 0 Å². The molecular weight excluding hydrogens is 290 g/mol. The number of anilines is 1. The first kappa shape index (κ1) is 15.5. The fourth-order valence-corrected chi connectivity index (χ4v) is 3.08. The maximum absolute atomic E-state index is 11.9. The molecule has 0 radical (unpaired) electrons. The quantitative estimate of drug-likeness (QED) is 0.846. The Bertz CT molecular complexity index is 765. The van der Waals surface area contributed by atoms with Crippen LogP contribution in [0, 0.1) is 0 Å². The minimum Gasteiger partial charge on any atom is -0.370 e. The molecular formula is C18H21N3O2. The highest BCUT2D eigenvalue weighted by Gasteiger charge is 2.19. The second kappa shape index (κ2) is 6.38. The number of aryl methyl sites for hydroxylation is 1. The van der Waals surface area contributed by atoms with Crippen LogP contribution in [0.1, 0.15) is 29.3 Å². The summed E-state index contributed by atoms with van der Waals surface area (Å²) in [5, 5.41) is 0. The third-order valence-corrected chi connectivity index (χ3v) is 4.41. The van der Waals surface area contributed by atoms with Gasteiger partial charge in [-0.25, -0.2) is 0 Å². The molecule has 0 saturated carbocycles. The van der Waals surface area contributed by atoms with Crippen molar-refractivity contribution in [2.45, 2.75) is 25.8 Å². The van der Waals surface area contributed by atoms with Crippen LogP contribution >= 0.6 is 0 Å². The van der Waals surface area contributed by atoms with Crippen LogP contribution in [0.25, 0.3) is 11.3 Å². The molecule has 0 bridgehead atoms. The molecule has 1 fully saturated rings. The Balaban J connectivity index is 1.94. The predicted molar refractivity (Wildman–Crippen MR) is 92.1 cm³/mol. The fraction of sp³-hybridized carbons (Fsp3) is 0.333. The third kappa shape index (κ3) is 3.05. The Kier molecular flexibility index (Phi) is 4.30. The number of pyridine rings is 1. The van der Waals surface area contributed by atoms with E-state index in [0.717, 1.165) is 48.4 Å². The van der Waals surface area contributed by atoms with Gasteiger partial charge in [-0.1, -0.05) is 19.1 Å². The highest BCUT2D eigenvalue weighted by atomic mass is 16.1. The van der Waals surface area contributed by atoms with Crippen LogP contribution in [0.5, 0.6) is 0 Å². The second-order valence-electron chi connectivity index (χ2n) is 5.97. The largest absolute Gasteiger partial charge is 0.370 e. The standard InChI is InChI=1S/C18H21N3O2/c1-2-12-9-14(11-22)18(23)20-17(12)13-3-5-16(6-4-13)21-8-7-15(19)10-21/h3-6,9,11,15H,2,7-8,10,19H2,1H3,(H,20,23)/t15-/m0/s1. The lowest BCUT2D eigenvalue weighted by atomic mass is 10.0. The summed E-state index contributed by atoms with van der Waals surface area (Å²) in [6.07, 6.45) is 2.36. The molecule has 1 aromatic carbocycles. The number of hydrogen-bond acceptors (Lipinski definition) is 4. The number of aromatic amines is 1. The van der Waals surface area contributed by atoms with E-state index in [4.69, 9.17) is 5.73 Å². The molecule has 3 rings (SSSR count). The average Bonchev–Trinajstić information content (AvgIpc) is 3.01. The maximum Gasteiger partial charge on any atom is 0.259 e. The highest BCUT2D eigenvalue weighted by molar-refractivity contribution is 5.76. The molecule has 1 atom stereocenters. The van der Waals surface area contributed by atoms with Gasteiger partial charge in [-0.15, -0.1) is 0 Å². The summed E-state index contributed by atoms with van der Waals surface area (Å²) in [6, 6.07) is 10.0. The second-order valence-corrected chi connectivity index (χ2v) is 5.97. The third-order valence-electron chi connectivity index (χ3n) is 4.41. The number of nitrogens with two attached hydrogens (primary N) is 1. The van der Waals surface area contributed by atoms with E-state index >= 15 is 0 Å². The minimum atomic E-state index is -0.346. The molecule has 2 heterocycles. The van der Waals surface area contributed by atoms with Crippen LogP contribution < -0.4 is 16.2 Å². The van der Waals surface area contributed by atoms with Gasteiger partial charge in [0.15, 0.2) is 6.29 Å². The predicted octanol–water partition coefficient (Wildman–Crippen LogP) is 1.95. The molecule has 1 saturated heterocycles. The van der Waals surface area contributed by atoms with Crippen LogP contribution in [0.3, 0.4) is 0 Å². The fourth-order valence-electron chi connectivity index (χ4n) is 3.08. The highest BCUT2D eigenvalue weighted by Crippen LogP contribution is 2.26. The molecule has 1 aliphatic rings. The van der Waals surface area contributed by atoms with E-state index in [1.807, 2.05) is 19.1 Å². The van der Waals surface area contributed by atoms with Crippen molar-refractivity contribution in [2.24, 2.45) is 5.73 Å². The van der Waals surface area contributed by atoms with Crippen molar-refractivity contribution in [3.8, 4) is 11.3 Å². The SMILES string of the molecule is CCc1cc(C=O)c(=O)[nH]c1-c1ccc(N2CC[C@H](N)C2)cc1. The lowest BCUT2D eigenvalue weighted by Gasteiger charge is -2.18. The lowest BCUT2D eigenvalue weighted by molar-refractivity contribution is 0.112. The zero-order valence-electron chi connectivity index (χ0n) is 13.2. The van der Waals surface area contributed by atoms with Gasteiger partial charge in [-0.05, 0) is 42.2 Å². The van der Waals surface area contributed by atoms with Gasteiger partial charge in [-0.2, -0.15) is 0 Å². The van der Waals surface area contributed by atoms with Gasteiger partial charge in [0, 0.05) is 24.8 Å². The Morgan fingerprint density at radius 3 is 2.65 bits per heavy atom. The van der Waals surface area contributed by atoms with E-state index in [2.05, 4.69) is 22.0 Å². The van der Waals surface area contributed by atoms with E-state index in [0.29, 0.717) is 6.29 Å². The van der Waals surface area contributed by atoms with Crippen molar-refractivity contribution in [1.29, 1.82) is 0 Å². The summed E-state index contributed by atoms with van der Waals surface area (Å²) in [6.45, 7) is 3.86. The minimum absolute atomic E-state index is 0.174. The number of rotatable bonds is 4. The lowest BCUT2D eigenvalue weighted by Crippen LogP contribution is -2.26. The van der Waals surface area contributed by atoms with Crippen molar-refractivity contribution >= 4 is 12.0 Å². The topological polar surface area (TPSA) is 79.2 Å². The molecule has 5 heteroatoms. The smallest absolute Gasteiger partial charge is 0.259 e. The first-order valence-electron chi connectivity index (χ1n) is 7.94.